The predicted octanol–water partition coefficient (Wildman–Crippen LogP) is 0.884. The van der Waals surface area contributed by atoms with Crippen LogP contribution in [0.15, 0.2) is 18.6 Å². The van der Waals surface area contributed by atoms with Crippen molar-refractivity contribution in [3.63, 3.8) is 0 Å². The van der Waals surface area contributed by atoms with Gasteiger partial charge in [0.15, 0.2) is 5.69 Å². The Morgan fingerprint density at radius 1 is 1.56 bits per heavy atom. The van der Waals surface area contributed by atoms with Crippen molar-refractivity contribution in [3.8, 4) is 6.07 Å². The third kappa shape index (κ3) is 1.83. The number of carboxylic acid groups (broad SMARTS) is 1. The van der Waals surface area contributed by atoms with Crippen LogP contribution in [0.4, 0.5) is 0 Å². The predicted molar refractivity (Wildman–Crippen MR) is 53.9 cm³/mol. The zero-order valence-electron chi connectivity index (χ0n) is 8.29. The van der Waals surface area contributed by atoms with Crippen LogP contribution in [-0.4, -0.2) is 25.4 Å². The molecule has 16 heavy (non-hydrogen) atoms. The molecule has 6 nitrogen and oxygen atoms in total. The number of fused-ring (bicyclic) bond motifs is 1. The van der Waals surface area contributed by atoms with Crippen molar-refractivity contribution in [2.75, 3.05) is 0 Å². The maximum absolute atomic E-state index is 10.7. The molecule has 0 saturated heterocycles. The van der Waals surface area contributed by atoms with Crippen LogP contribution in [-0.2, 0) is 6.42 Å². The van der Waals surface area contributed by atoms with E-state index < -0.39 is 5.97 Å². The largest absolute Gasteiger partial charge is 0.476 e. The number of nitrogens with zero attached hydrogens (tertiary/aromatic N) is 4. The van der Waals surface area contributed by atoms with Crippen LogP contribution >= 0.6 is 0 Å². The highest BCUT2D eigenvalue weighted by molar-refractivity contribution is 5.85. The monoisotopic (exact) mass is 216 g/mol. The third-order valence-corrected chi connectivity index (χ3v) is 2.11. The molecule has 6 heteroatoms. The van der Waals surface area contributed by atoms with Crippen LogP contribution in [0.25, 0.3) is 5.78 Å². The van der Waals surface area contributed by atoms with E-state index in [1.165, 1.54) is 6.20 Å². The second kappa shape index (κ2) is 3.98. The van der Waals surface area contributed by atoms with Gasteiger partial charge in [0.1, 0.15) is 0 Å². The van der Waals surface area contributed by atoms with Gasteiger partial charge in [0.25, 0.3) is 0 Å². The Labute approximate surface area is 90.8 Å². The average molecular weight is 216 g/mol. The fourth-order valence-electron chi connectivity index (χ4n) is 1.36. The normalized spacial score (nSPS) is 10.2. The van der Waals surface area contributed by atoms with E-state index >= 15 is 0 Å². The van der Waals surface area contributed by atoms with Gasteiger partial charge >= 0.3 is 5.97 Å². The first-order chi connectivity index (χ1) is 7.70. The van der Waals surface area contributed by atoms with Crippen molar-refractivity contribution in [1.29, 1.82) is 5.26 Å². The molecule has 1 N–H and O–H groups in total. The zero-order valence-corrected chi connectivity index (χ0v) is 8.29. The minimum atomic E-state index is -1.08. The molecular weight excluding hydrogens is 208 g/mol. The average Bonchev–Trinajstić information content (AvgIpc) is 2.69. The first-order valence-electron chi connectivity index (χ1n) is 4.64. The smallest absolute Gasteiger partial charge is 0.356 e. The quantitative estimate of drug-likeness (QED) is 0.822. The van der Waals surface area contributed by atoms with Crippen LogP contribution in [0.2, 0.25) is 0 Å². The van der Waals surface area contributed by atoms with Gasteiger partial charge in [-0.05, 0) is 12.0 Å². The number of hydrogen-bond acceptors (Lipinski definition) is 4. The van der Waals surface area contributed by atoms with Crippen LogP contribution in [0, 0.1) is 11.3 Å². The molecule has 0 radical (unpaired) electrons. The minimum absolute atomic E-state index is 0.0371. The molecule has 0 saturated carbocycles. The fourth-order valence-corrected chi connectivity index (χ4v) is 1.36. The number of aryl methyl sites for hydroxylation is 1. The molecular formula is C10H8N4O2. The van der Waals surface area contributed by atoms with E-state index in [1.54, 1.807) is 16.8 Å². The van der Waals surface area contributed by atoms with E-state index in [0.717, 1.165) is 5.56 Å². The Hall–Kier alpha value is -2.42. The molecule has 0 aliphatic rings. The number of nitriles is 1. The van der Waals surface area contributed by atoms with Gasteiger partial charge in [-0.3, -0.25) is 4.40 Å². The number of rotatable bonds is 3. The first-order valence-corrected chi connectivity index (χ1v) is 4.64. The summed E-state index contributed by atoms with van der Waals surface area (Å²) in [7, 11) is 0. The van der Waals surface area contributed by atoms with Crippen molar-refractivity contribution in [3.05, 3.63) is 29.8 Å². The lowest BCUT2D eigenvalue weighted by Gasteiger charge is -1.97. The maximum Gasteiger partial charge on any atom is 0.356 e. The number of aromatic nitrogens is 3. The molecule has 0 unspecified atom stereocenters. The van der Waals surface area contributed by atoms with Gasteiger partial charge in [-0.2, -0.15) is 5.26 Å². The molecule has 2 aromatic rings. The van der Waals surface area contributed by atoms with Gasteiger partial charge in [0.05, 0.1) is 6.07 Å². The van der Waals surface area contributed by atoms with E-state index in [4.69, 9.17) is 10.4 Å². The minimum Gasteiger partial charge on any atom is -0.476 e. The van der Waals surface area contributed by atoms with E-state index in [1.807, 2.05) is 6.07 Å². The van der Waals surface area contributed by atoms with Crippen molar-refractivity contribution >= 4 is 11.7 Å². The van der Waals surface area contributed by atoms with Crippen molar-refractivity contribution in [2.45, 2.75) is 12.8 Å². The summed E-state index contributed by atoms with van der Waals surface area (Å²) in [5, 5.41) is 17.2. The number of hydrogen-bond donors (Lipinski definition) is 1. The van der Waals surface area contributed by atoms with Gasteiger partial charge < -0.3 is 5.11 Å². The van der Waals surface area contributed by atoms with Gasteiger partial charge in [0, 0.05) is 25.0 Å². The number of carboxylic acids is 1. The zero-order chi connectivity index (χ0) is 11.5. The molecule has 0 fully saturated rings. The molecule has 0 aliphatic heterocycles. The lowest BCUT2D eigenvalue weighted by molar-refractivity contribution is 0.0691. The summed E-state index contributed by atoms with van der Waals surface area (Å²) >= 11 is 0. The van der Waals surface area contributed by atoms with Crippen molar-refractivity contribution < 1.29 is 9.90 Å². The molecule has 0 aromatic carbocycles. The summed E-state index contributed by atoms with van der Waals surface area (Å²) < 4.78 is 1.55. The Morgan fingerprint density at radius 2 is 2.38 bits per heavy atom. The molecule has 0 atom stereocenters. The third-order valence-electron chi connectivity index (χ3n) is 2.11. The molecule has 2 rings (SSSR count). The number of aromatic carboxylic acids is 1. The van der Waals surface area contributed by atoms with Crippen LogP contribution in [0.5, 0.6) is 0 Å². The van der Waals surface area contributed by atoms with Crippen molar-refractivity contribution in [1.82, 2.24) is 14.4 Å². The van der Waals surface area contributed by atoms with Crippen LogP contribution < -0.4 is 0 Å². The highest BCUT2D eigenvalue weighted by Crippen LogP contribution is 2.06. The molecule has 0 bridgehead atoms. The highest BCUT2D eigenvalue weighted by Gasteiger charge is 2.09. The molecule has 2 aromatic heterocycles. The van der Waals surface area contributed by atoms with Gasteiger partial charge in [0.2, 0.25) is 5.78 Å². The lowest BCUT2D eigenvalue weighted by atomic mass is 10.2. The SMILES string of the molecule is N#CCCc1cnc2nc(C(=O)O)cn2c1. The topological polar surface area (TPSA) is 91.3 Å². The summed E-state index contributed by atoms with van der Waals surface area (Å²) in [6.45, 7) is 0. The first kappa shape index (κ1) is 10.1. The highest BCUT2D eigenvalue weighted by atomic mass is 16.4. The summed E-state index contributed by atoms with van der Waals surface area (Å²) in [4.78, 5) is 18.5. The summed E-state index contributed by atoms with van der Waals surface area (Å²) in [6, 6.07) is 2.04. The maximum atomic E-state index is 10.7. The fraction of sp³-hybridized carbons (Fsp3) is 0.200. The summed E-state index contributed by atoms with van der Waals surface area (Å²) in [5.41, 5.74) is 0.841. The van der Waals surface area contributed by atoms with E-state index in [9.17, 15) is 4.79 Å². The van der Waals surface area contributed by atoms with E-state index in [0.29, 0.717) is 18.6 Å². The Kier molecular flexibility index (Phi) is 2.52. The molecule has 0 amide bonds. The Balaban J connectivity index is 2.38. The standard InChI is InChI=1S/C10H8N4O2/c11-3-1-2-7-4-12-10-13-8(9(15)16)6-14(10)5-7/h4-6H,1-2H2,(H,15,16). The summed E-state index contributed by atoms with van der Waals surface area (Å²) in [5.74, 6) is -0.734. The van der Waals surface area contributed by atoms with E-state index in [-0.39, 0.29) is 5.69 Å². The number of imidazole rings is 1. The molecule has 2 heterocycles. The van der Waals surface area contributed by atoms with Crippen molar-refractivity contribution in [2.24, 2.45) is 0 Å². The van der Waals surface area contributed by atoms with Crippen LogP contribution in [0.1, 0.15) is 22.5 Å². The second-order valence-corrected chi connectivity index (χ2v) is 3.26. The molecule has 0 aliphatic carbocycles. The lowest BCUT2D eigenvalue weighted by Crippen LogP contribution is -1.94. The van der Waals surface area contributed by atoms with Gasteiger partial charge in [-0.25, -0.2) is 14.8 Å². The number of carbonyl (C=O) groups is 1. The molecule has 0 spiro atoms. The van der Waals surface area contributed by atoms with Gasteiger partial charge in [-0.15, -0.1) is 0 Å². The molecule has 80 valence electrons. The van der Waals surface area contributed by atoms with Gasteiger partial charge in [-0.1, -0.05) is 0 Å². The Morgan fingerprint density at radius 3 is 3.06 bits per heavy atom. The second-order valence-electron chi connectivity index (χ2n) is 3.26. The summed E-state index contributed by atoms with van der Waals surface area (Å²) in [6.07, 6.45) is 5.75. The Bertz CT molecular complexity index is 582. The van der Waals surface area contributed by atoms with Crippen LogP contribution in [0.3, 0.4) is 0 Å². The van der Waals surface area contributed by atoms with E-state index in [2.05, 4.69) is 9.97 Å².